The number of hydrogen-bond donors (Lipinski definition) is 3. The molecule has 0 fully saturated rings. The summed E-state index contributed by atoms with van der Waals surface area (Å²) in [5, 5.41) is 23.0. The Morgan fingerprint density at radius 2 is 0.905 bits per heavy atom. The second-order valence-electron chi connectivity index (χ2n) is 13.0. The van der Waals surface area contributed by atoms with Gasteiger partial charge in [-0.15, -0.1) is 0 Å². The first-order valence-electron chi connectivity index (χ1n) is 18.9. The zero-order valence-electron chi connectivity index (χ0n) is 28.5. The normalized spacial score (nSPS) is 13.1. The van der Waals surface area contributed by atoms with E-state index in [1.807, 2.05) is 0 Å². The Balaban J connectivity index is 3.57. The van der Waals surface area contributed by atoms with Crippen molar-refractivity contribution < 1.29 is 15.0 Å². The first-order valence-corrected chi connectivity index (χ1v) is 18.9. The SMILES string of the molecule is CCCCCCCCCCC/C=C/CCCC[C@@H](O)[C@H](CO)NC(=O)CCCCCCCCCCCCCCCCC. The fraction of sp³-hybridized carbons (Fsp3) is 0.921. The minimum Gasteiger partial charge on any atom is -0.394 e. The van der Waals surface area contributed by atoms with Gasteiger partial charge in [-0.05, 0) is 38.5 Å². The largest absolute Gasteiger partial charge is 0.394 e. The highest BCUT2D eigenvalue weighted by Crippen LogP contribution is 2.15. The van der Waals surface area contributed by atoms with E-state index in [0.29, 0.717) is 12.8 Å². The van der Waals surface area contributed by atoms with Crippen molar-refractivity contribution in [3.05, 3.63) is 12.2 Å². The number of aliphatic hydroxyl groups is 2. The van der Waals surface area contributed by atoms with Crippen LogP contribution in [-0.4, -0.2) is 34.9 Å². The Morgan fingerprint density at radius 1 is 0.548 bits per heavy atom. The molecule has 0 rings (SSSR count). The summed E-state index contributed by atoms with van der Waals surface area (Å²) in [6.07, 6.45) is 41.2. The highest BCUT2D eigenvalue weighted by atomic mass is 16.3. The zero-order chi connectivity index (χ0) is 30.8. The molecule has 0 radical (unpaired) electrons. The number of nitrogens with one attached hydrogen (secondary N) is 1. The Hall–Kier alpha value is -0.870. The molecule has 0 heterocycles. The van der Waals surface area contributed by atoms with Gasteiger partial charge in [-0.25, -0.2) is 0 Å². The van der Waals surface area contributed by atoms with Gasteiger partial charge in [-0.2, -0.15) is 0 Å². The summed E-state index contributed by atoms with van der Waals surface area (Å²) in [6, 6.07) is -0.545. The second kappa shape index (κ2) is 34.6. The van der Waals surface area contributed by atoms with Crippen molar-refractivity contribution in [3.63, 3.8) is 0 Å². The number of aliphatic hydroxyl groups excluding tert-OH is 2. The number of carbonyl (C=O) groups is 1. The second-order valence-corrected chi connectivity index (χ2v) is 13.0. The lowest BCUT2D eigenvalue weighted by molar-refractivity contribution is -0.123. The average molecular weight is 594 g/mol. The van der Waals surface area contributed by atoms with Gasteiger partial charge in [0.15, 0.2) is 0 Å². The molecule has 0 aromatic rings. The molecule has 0 saturated heterocycles. The van der Waals surface area contributed by atoms with E-state index in [1.54, 1.807) is 0 Å². The molecule has 0 aromatic heterocycles. The van der Waals surface area contributed by atoms with Crippen molar-refractivity contribution in [2.75, 3.05) is 6.61 Å². The third-order valence-electron chi connectivity index (χ3n) is 8.78. The molecular formula is C38H75NO3. The quantitative estimate of drug-likeness (QED) is 0.0513. The highest BCUT2D eigenvalue weighted by Gasteiger charge is 2.19. The van der Waals surface area contributed by atoms with E-state index in [1.165, 1.54) is 148 Å². The van der Waals surface area contributed by atoms with Gasteiger partial charge in [-0.3, -0.25) is 4.79 Å². The van der Waals surface area contributed by atoms with E-state index in [0.717, 1.165) is 32.1 Å². The van der Waals surface area contributed by atoms with Gasteiger partial charge < -0.3 is 15.5 Å². The molecule has 0 aliphatic carbocycles. The van der Waals surface area contributed by atoms with Crippen LogP contribution >= 0.6 is 0 Å². The Kier molecular flexibility index (Phi) is 33.9. The Morgan fingerprint density at radius 3 is 1.31 bits per heavy atom. The van der Waals surface area contributed by atoms with E-state index in [2.05, 4.69) is 31.3 Å². The van der Waals surface area contributed by atoms with Gasteiger partial charge >= 0.3 is 0 Å². The maximum atomic E-state index is 12.3. The number of amides is 1. The molecule has 42 heavy (non-hydrogen) atoms. The number of hydrogen-bond acceptors (Lipinski definition) is 3. The highest BCUT2D eigenvalue weighted by molar-refractivity contribution is 5.76. The van der Waals surface area contributed by atoms with Gasteiger partial charge in [0, 0.05) is 6.42 Å². The number of rotatable bonds is 34. The minimum absolute atomic E-state index is 0.0396. The van der Waals surface area contributed by atoms with Crippen LogP contribution in [0.3, 0.4) is 0 Å². The topological polar surface area (TPSA) is 69.6 Å². The standard InChI is InChI=1S/C38H75NO3/c1-3-5-7-9-11-13-15-17-19-21-23-25-27-29-31-33-37(41)36(35-40)39-38(42)34-32-30-28-26-24-22-20-18-16-14-12-10-8-6-4-2/h23,25,36-37,40-41H,3-22,24,26-35H2,1-2H3,(H,39,42)/b25-23+/t36-,37+/m0/s1. The summed E-state index contributed by atoms with van der Waals surface area (Å²) in [5.74, 6) is -0.0396. The van der Waals surface area contributed by atoms with Crippen molar-refractivity contribution in [2.45, 2.75) is 219 Å². The lowest BCUT2D eigenvalue weighted by Crippen LogP contribution is -2.45. The molecule has 4 heteroatoms. The van der Waals surface area contributed by atoms with E-state index in [4.69, 9.17) is 0 Å². The lowest BCUT2D eigenvalue weighted by atomic mass is 10.0. The van der Waals surface area contributed by atoms with E-state index >= 15 is 0 Å². The molecule has 250 valence electrons. The van der Waals surface area contributed by atoms with Gasteiger partial charge in [0.1, 0.15) is 0 Å². The number of carbonyl (C=O) groups excluding carboxylic acids is 1. The summed E-state index contributed by atoms with van der Waals surface area (Å²) >= 11 is 0. The summed E-state index contributed by atoms with van der Waals surface area (Å²) in [7, 11) is 0. The monoisotopic (exact) mass is 594 g/mol. The summed E-state index contributed by atoms with van der Waals surface area (Å²) in [6.45, 7) is 4.34. The van der Waals surface area contributed by atoms with E-state index in [9.17, 15) is 15.0 Å². The van der Waals surface area contributed by atoms with Crippen LogP contribution < -0.4 is 5.32 Å². The summed E-state index contributed by atoms with van der Waals surface area (Å²) < 4.78 is 0. The van der Waals surface area contributed by atoms with Crippen LogP contribution in [-0.2, 0) is 4.79 Å². The molecule has 0 unspecified atom stereocenters. The molecule has 0 aromatic carbocycles. The maximum Gasteiger partial charge on any atom is 0.220 e. The summed E-state index contributed by atoms with van der Waals surface area (Å²) in [4.78, 5) is 12.3. The van der Waals surface area contributed by atoms with E-state index < -0.39 is 12.1 Å². The fourth-order valence-corrected chi connectivity index (χ4v) is 5.82. The molecule has 0 aliphatic rings. The van der Waals surface area contributed by atoms with Crippen LogP contribution in [0.15, 0.2) is 12.2 Å². The molecule has 0 spiro atoms. The van der Waals surface area contributed by atoms with Crippen molar-refractivity contribution in [1.82, 2.24) is 5.32 Å². The first-order chi connectivity index (χ1) is 20.7. The van der Waals surface area contributed by atoms with Crippen LogP contribution in [0.1, 0.15) is 206 Å². The molecule has 1 amide bonds. The first kappa shape index (κ1) is 41.1. The van der Waals surface area contributed by atoms with Gasteiger partial charge in [0.25, 0.3) is 0 Å². The number of unbranched alkanes of at least 4 members (excludes halogenated alkanes) is 25. The third-order valence-corrected chi connectivity index (χ3v) is 8.78. The Labute approximate surface area is 263 Å². The maximum absolute atomic E-state index is 12.3. The fourth-order valence-electron chi connectivity index (χ4n) is 5.82. The van der Waals surface area contributed by atoms with Crippen LogP contribution in [0.4, 0.5) is 0 Å². The lowest BCUT2D eigenvalue weighted by Gasteiger charge is -2.22. The van der Waals surface area contributed by atoms with Gasteiger partial charge in [0.05, 0.1) is 18.8 Å². The number of allylic oxidation sites excluding steroid dienone is 2. The molecule has 4 nitrogen and oxygen atoms in total. The average Bonchev–Trinajstić information content (AvgIpc) is 2.99. The predicted molar refractivity (Wildman–Crippen MR) is 184 cm³/mol. The third kappa shape index (κ3) is 30.6. The van der Waals surface area contributed by atoms with Crippen molar-refractivity contribution in [3.8, 4) is 0 Å². The minimum atomic E-state index is -0.675. The van der Waals surface area contributed by atoms with Crippen molar-refractivity contribution in [1.29, 1.82) is 0 Å². The molecule has 3 N–H and O–H groups in total. The molecule has 2 atom stereocenters. The molecule has 0 bridgehead atoms. The molecular weight excluding hydrogens is 518 g/mol. The smallest absolute Gasteiger partial charge is 0.220 e. The van der Waals surface area contributed by atoms with Crippen LogP contribution in [0, 0.1) is 0 Å². The van der Waals surface area contributed by atoms with Gasteiger partial charge in [0.2, 0.25) is 5.91 Å². The van der Waals surface area contributed by atoms with E-state index in [-0.39, 0.29) is 12.5 Å². The van der Waals surface area contributed by atoms with Crippen LogP contribution in [0.25, 0.3) is 0 Å². The van der Waals surface area contributed by atoms with Crippen molar-refractivity contribution in [2.24, 2.45) is 0 Å². The molecule has 0 aliphatic heterocycles. The summed E-state index contributed by atoms with van der Waals surface area (Å²) in [5.41, 5.74) is 0. The van der Waals surface area contributed by atoms with Crippen LogP contribution in [0.2, 0.25) is 0 Å². The van der Waals surface area contributed by atoms with Crippen molar-refractivity contribution >= 4 is 5.91 Å². The predicted octanol–water partition coefficient (Wildman–Crippen LogP) is 11.1. The van der Waals surface area contributed by atoms with Crippen LogP contribution in [0.5, 0.6) is 0 Å². The zero-order valence-corrected chi connectivity index (χ0v) is 28.5. The molecule has 0 saturated carbocycles. The van der Waals surface area contributed by atoms with Gasteiger partial charge in [-0.1, -0.05) is 174 Å². The Bertz CT molecular complexity index is 565.